The molecule has 0 aliphatic carbocycles. The Morgan fingerprint density at radius 3 is 2.59 bits per heavy atom. The van der Waals surface area contributed by atoms with Gasteiger partial charge in [0.2, 0.25) is 0 Å². The van der Waals surface area contributed by atoms with E-state index >= 15 is 0 Å². The van der Waals surface area contributed by atoms with Crippen molar-refractivity contribution in [2.45, 2.75) is 51.2 Å². The fourth-order valence-corrected chi connectivity index (χ4v) is 2.44. The van der Waals surface area contributed by atoms with Gasteiger partial charge >= 0.3 is 0 Å². The first-order chi connectivity index (χ1) is 8.26. The fourth-order valence-electron chi connectivity index (χ4n) is 1.69. The minimum absolute atomic E-state index is 0.666. The molecule has 1 aromatic heterocycles. The fraction of sp³-hybridized carbons (Fsp3) is 0.692. The van der Waals surface area contributed by atoms with Crippen molar-refractivity contribution in [1.82, 2.24) is 15.3 Å². The molecule has 1 N–H and O–H groups in total. The van der Waals surface area contributed by atoms with E-state index in [1.807, 2.05) is 19.3 Å². The van der Waals surface area contributed by atoms with Crippen molar-refractivity contribution >= 4 is 11.8 Å². The summed E-state index contributed by atoms with van der Waals surface area (Å²) in [6.45, 7) is 7.48. The number of thioether (sulfide) groups is 1. The molecule has 0 bridgehead atoms. The maximum absolute atomic E-state index is 4.29. The Morgan fingerprint density at radius 1 is 1.29 bits per heavy atom. The number of nitrogens with one attached hydrogen (secondary N) is 1. The van der Waals surface area contributed by atoms with E-state index in [4.69, 9.17) is 0 Å². The second kappa shape index (κ2) is 8.48. The molecule has 0 aliphatic heterocycles. The van der Waals surface area contributed by atoms with Crippen LogP contribution in [0.3, 0.4) is 0 Å². The minimum Gasteiger partial charge on any atom is -0.314 e. The van der Waals surface area contributed by atoms with Crippen LogP contribution >= 0.6 is 11.8 Å². The van der Waals surface area contributed by atoms with Crippen LogP contribution in [0.2, 0.25) is 0 Å². The Kier molecular flexibility index (Phi) is 7.21. The van der Waals surface area contributed by atoms with Crippen LogP contribution in [0.4, 0.5) is 0 Å². The molecule has 0 spiro atoms. The Labute approximate surface area is 109 Å². The van der Waals surface area contributed by atoms with Gasteiger partial charge in [-0.3, -0.25) is 0 Å². The van der Waals surface area contributed by atoms with Crippen LogP contribution in [-0.2, 0) is 0 Å². The molecule has 0 saturated heterocycles. The lowest BCUT2D eigenvalue weighted by Gasteiger charge is -2.14. The SMILES string of the molecule is CCNC(CC)CCCSc1ncc(C)cn1. The standard InChI is InChI=1S/C13H23N3S/c1-4-12(14-5-2)7-6-8-17-13-15-9-11(3)10-16-13/h9-10,12,14H,4-8H2,1-3H3. The lowest BCUT2D eigenvalue weighted by atomic mass is 10.1. The highest BCUT2D eigenvalue weighted by atomic mass is 32.2. The van der Waals surface area contributed by atoms with E-state index in [9.17, 15) is 0 Å². The van der Waals surface area contributed by atoms with Crippen LogP contribution in [0.5, 0.6) is 0 Å². The quantitative estimate of drug-likeness (QED) is 0.439. The summed E-state index contributed by atoms with van der Waals surface area (Å²) >= 11 is 1.75. The largest absolute Gasteiger partial charge is 0.314 e. The van der Waals surface area contributed by atoms with Crippen molar-refractivity contribution in [1.29, 1.82) is 0 Å². The minimum atomic E-state index is 0.666. The average molecular weight is 253 g/mol. The van der Waals surface area contributed by atoms with Gasteiger partial charge in [-0.25, -0.2) is 9.97 Å². The number of aryl methyl sites for hydroxylation is 1. The molecule has 0 saturated carbocycles. The normalized spacial score (nSPS) is 12.6. The van der Waals surface area contributed by atoms with Gasteiger partial charge in [0.1, 0.15) is 0 Å². The summed E-state index contributed by atoms with van der Waals surface area (Å²) in [5.74, 6) is 1.10. The Hall–Kier alpha value is -0.610. The molecule has 0 aliphatic rings. The number of nitrogens with zero attached hydrogens (tertiary/aromatic N) is 2. The van der Waals surface area contributed by atoms with Gasteiger partial charge in [-0.2, -0.15) is 0 Å². The zero-order valence-corrected chi connectivity index (χ0v) is 11.9. The third-order valence-corrected chi connectivity index (χ3v) is 3.63. The summed E-state index contributed by atoms with van der Waals surface area (Å²) in [6.07, 6.45) is 7.42. The molecule has 17 heavy (non-hydrogen) atoms. The Morgan fingerprint density at radius 2 is 2.00 bits per heavy atom. The summed E-state index contributed by atoms with van der Waals surface area (Å²) in [5, 5.41) is 4.39. The van der Waals surface area contributed by atoms with Gasteiger partial charge < -0.3 is 5.32 Å². The van der Waals surface area contributed by atoms with Crippen molar-refractivity contribution in [3.63, 3.8) is 0 Å². The van der Waals surface area contributed by atoms with Crippen LogP contribution in [0.15, 0.2) is 17.6 Å². The van der Waals surface area contributed by atoms with E-state index in [1.165, 1.54) is 19.3 Å². The molecule has 0 fully saturated rings. The van der Waals surface area contributed by atoms with E-state index in [2.05, 4.69) is 29.1 Å². The topological polar surface area (TPSA) is 37.8 Å². The van der Waals surface area contributed by atoms with Crippen LogP contribution in [-0.4, -0.2) is 28.3 Å². The Balaban J connectivity index is 2.17. The van der Waals surface area contributed by atoms with Crippen LogP contribution in [0, 0.1) is 6.92 Å². The summed E-state index contributed by atoms with van der Waals surface area (Å²) in [5.41, 5.74) is 1.12. The number of hydrogen-bond acceptors (Lipinski definition) is 4. The third kappa shape index (κ3) is 6.03. The van der Waals surface area contributed by atoms with Gasteiger partial charge in [-0.05, 0) is 38.3 Å². The summed E-state index contributed by atoms with van der Waals surface area (Å²) in [6, 6.07) is 0.666. The van der Waals surface area contributed by atoms with E-state index in [0.717, 1.165) is 23.0 Å². The smallest absolute Gasteiger partial charge is 0.187 e. The monoisotopic (exact) mass is 253 g/mol. The summed E-state index contributed by atoms with van der Waals surface area (Å²) in [7, 11) is 0. The number of hydrogen-bond donors (Lipinski definition) is 1. The summed E-state index contributed by atoms with van der Waals surface area (Å²) < 4.78 is 0. The summed E-state index contributed by atoms with van der Waals surface area (Å²) in [4.78, 5) is 8.58. The van der Waals surface area contributed by atoms with Crippen molar-refractivity contribution in [2.75, 3.05) is 12.3 Å². The first kappa shape index (κ1) is 14.5. The first-order valence-electron chi connectivity index (χ1n) is 6.41. The lowest BCUT2D eigenvalue weighted by Crippen LogP contribution is -2.28. The van der Waals surface area contributed by atoms with E-state index in [-0.39, 0.29) is 0 Å². The number of rotatable bonds is 8. The molecule has 1 rings (SSSR count). The molecular weight excluding hydrogens is 230 g/mol. The molecule has 1 atom stereocenters. The predicted molar refractivity (Wildman–Crippen MR) is 74.5 cm³/mol. The van der Waals surface area contributed by atoms with Crippen molar-refractivity contribution in [2.24, 2.45) is 0 Å². The third-order valence-electron chi connectivity index (χ3n) is 2.67. The van der Waals surface area contributed by atoms with Gasteiger partial charge in [0.15, 0.2) is 5.16 Å². The van der Waals surface area contributed by atoms with Gasteiger partial charge in [-0.15, -0.1) is 0 Å². The molecule has 0 amide bonds. The van der Waals surface area contributed by atoms with Crippen molar-refractivity contribution in [3.8, 4) is 0 Å². The zero-order chi connectivity index (χ0) is 12.5. The molecule has 0 radical (unpaired) electrons. The first-order valence-corrected chi connectivity index (χ1v) is 7.39. The highest BCUT2D eigenvalue weighted by molar-refractivity contribution is 7.99. The van der Waals surface area contributed by atoms with E-state index in [1.54, 1.807) is 11.8 Å². The highest BCUT2D eigenvalue weighted by Crippen LogP contribution is 2.15. The van der Waals surface area contributed by atoms with Crippen LogP contribution in [0.25, 0.3) is 0 Å². The molecule has 0 aromatic carbocycles. The number of aromatic nitrogens is 2. The van der Waals surface area contributed by atoms with E-state index in [0.29, 0.717) is 6.04 Å². The van der Waals surface area contributed by atoms with Gasteiger partial charge in [0, 0.05) is 24.2 Å². The van der Waals surface area contributed by atoms with Gasteiger partial charge in [0.25, 0.3) is 0 Å². The second-order valence-corrected chi connectivity index (χ2v) is 5.26. The van der Waals surface area contributed by atoms with Crippen LogP contribution in [0.1, 0.15) is 38.7 Å². The van der Waals surface area contributed by atoms with E-state index < -0.39 is 0 Å². The molecule has 1 heterocycles. The van der Waals surface area contributed by atoms with Crippen LogP contribution < -0.4 is 5.32 Å². The maximum atomic E-state index is 4.29. The lowest BCUT2D eigenvalue weighted by molar-refractivity contribution is 0.477. The molecule has 1 unspecified atom stereocenters. The average Bonchev–Trinajstić information content (AvgIpc) is 2.35. The van der Waals surface area contributed by atoms with Gasteiger partial charge in [-0.1, -0.05) is 25.6 Å². The molecule has 96 valence electrons. The Bertz CT molecular complexity index is 300. The molecule has 3 nitrogen and oxygen atoms in total. The maximum Gasteiger partial charge on any atom is 0.187 e. The zero-order valence-electron chi connectivity index (χ0n) is 11.1. The molecule has 1 aromatic rings. The predicted octanol–water partition coefficient (Wildman–Crippen LogP) is 3.05. The second-order valence-electron chi connectivity index (χ2n) is 4.20. The highest BCUT2D eigenvalue weighted by Gasteiger charge is 2.04. The molecule has 4 heteroatoms. The van der Waals surface area contributed by atoms with Crippen molar-refractivity contribution in [3.05, 3.63) is 18.0 Å². The van der Waals surface area contributed by atoms with Gasteiger partial charge in [0.05, 0.1) is 0 Å². The van der Waals surface area contributed by atoms with Crippen molar-refractivity contribution < 1.29 is 0 Å². The molecular formula is C13H23N3S.